The van der Waals surface area contributed by atoms with Crippen LogP contribution < -0.4 is 5.32 Å². The van der Waals surface area contributed by atoms with Gasteiger partial charge in [-0.25, -0.2) is 0 Å². The maximum absolute atomic E-state index is 12.0. The molecule has 1 aliphatic rings. The summed E-state index contributed by atoms with van der Waals surface area (Å²) in [5, 5.41) is 15.7. The molecule has 0 saturated carbocycles. The topological polar surface area (TPSA) is 87.8 Å². The Hall–Kier alpha value is -1.44. The number of hydrogen-bond acceptors (Lipinski definition) is 6. The van der Waals surface area contributed by atoms with Gasteiger partial charge in [0.2, 0.25) is 11.8 Å². The molecule has 2 heterocycles. The van der Waals surface area contributed by atoms with Crippen molar-refractivity contribution >= 4 is 11.8 Å². The fourth-order valence-electron chi connectivity index (χ4n) is 2.10. The van der Waals surface area contributed by atoms with Crippen molar-refractivity contribution in [2.75, 3.05) is 38.2 Å². The molecule has 1 amide bonds. The number of anilines is 1. The van der Waals surface area contributed by atoms with Crippen molar-refractivity contribution in [3.05, 3.63) is 11.8 Å². The van der Waals surface area contributed by atoms with E-state index >= 15 is 0 Å². The van der Waals surface area contributed by atoms with Crippen molar-refractivity contribution in [3.63, 3.8) is 0 Å². The van der Waals surface area contributed by atoms with E-state index in [4.69, 9.17) is 14.4 Å². The molecule has 1 saturated heterocycles. The van der Waals surface area contributed by atoms with E-state index in [-0.39, 0.29) is 30.6 Å². The molecule has 0 aromatic carbocycles. The van der Waals surface area contributed by atoms with Gasteiger partial charge >= 0.3 is 0 Å². The van der Waals surface area contributed by atoms with E-state index in [0.717, 1.165) is 5.69 Å². The first kappa shape index (κ1) is 15.9. The molecule has 0 radical (unpaired) electrons. The second-order valence-corrected chi connectivity index (χ2v) is 6.29. The minimum Gasteiger partial charge on any atom is -0.394 e. The van der Waals surface area contributed by atoms with Crippen LogP contribution >= 0.6 is 0 Å². The Labute approximate surface area is 124 Å². The van der Waals surface area contributed by atoms with Gasteiger partial charge in [-0.1, -0.05) is 25.9 Å². The smallest absolute Gasteiger partial charge is 0.240 e. The number of rotatable bonds is 4. The van der Waals surface area contributed by atoms with Gasteiger partial charge in [0.15, 0.2) is 0 Å². The predicted octanol–water partition coefficient (Wildman–Crippen LogP) is 0.604. The summed E-state index contributed by atoms with van der Waals surface area (Å²) in [6.07, 6.45) is -0.218. The SMILES string of the molecule is CC(C)(C)c1cc(NC(=O)CN2CCOC(CO)C2)on1. The number of aromatic nitrogens is 1. The lowest BCUT2D eigenvalue weighted by atomic mass is 9.92. The molecule has 1 aromatic heterocycles. The van der Waals surface area contributed by atoms with Gasteiger partial charge < -0.3 is 14.4 Å². The first-order valence-corrected chi connectivity index (χ1v) is 7.10. The molecule has 0 aliphatic carbocycles. The van der Waals surface area contributed by atoms with E-state index in [1.807, 2.05) is 25.7 Å². The first-order chi connectivity index (χ1) is 9.88. The highest BCUT2D eigenvalue weighted by atomic mass is 16.5. The van der Waals surface area contributed by atoms with Gasteiger partial charge in [-0.2, -0.15) is 0 Å². The molecule has 2 N–H and O–H groups in total. The van der Waals surface area contributed by atoms with Crippen LogP contribution in [-0.2, 0) is 14.9 Å². The van der Waals surface area contributed by atoms with Crippen molar-refractivity contribution < 1.29 is 19.2 Å². The Morgan fingerprint density at radius 3 is 2.95 bits per heavy atom. The van der Waals surface area contributed by atoms with Crippen molar-refractivity contribution in [3.8, 4) is 0 Å². The van der Waals surface area contributed by atoms with E-state index in [1.165, 1.54) is 0 Å². The number of nitrogens with one attached hydrogen (secondary N) is 1. The lowest BCUT2D eigenvalue weighted by Gasteiger charge is -2.31. The van der Waals surface area contributed by atoms with Crippen LogP contribution in [0, 0.1) is 0 Å². The van der Waals surface area contributed by atoms with Crippen molar-refractivity contribution in [2.24, 2.45) is 0 Å². The number of carbonyl (C=O) groups is 1. The summed E-state index contributed by atoms with van der Waals surface area (Å²) in [5.41, 5.74) is 0.676. The lowest BCUT2D eigenvalue weighted by Crippen LogP contribution is -2.46. The van der Waals surface area contributed by atoms with Crippen molar-refractivity contribution in [2.45, 2.75) is 32.3 Å². The maximum atomic E-state index is 12.0. The molecule has 1 aromatic rings. The van der Waals surface area contributed by atoms with Crippen LogP contribution in [0.1, 0.15) is 26.5 Å². The number of aliphatic hydroxyl groups is 1. The summed E-state index contributed by atoms with van der Waals surface area (Å²) in [6, 6.07) is 1.74. The van der Waals surface area contributed by atoms with Crippen LogP contribution in [0.15, 0.2) is 10.6 Å². The molecule has 118 valence electrons. The molecule has 1 unspecified atom stereocenters. The molecule has 0 bridgehead atoms. The highest BCUT2D eigenvalue weighted by Crippen LogP contribution is 2.23. The van der Waals surface area contributed by atoms with Gasteiger partial charge in [0.1, 0.15) is 0 Å². The molecule has 1 fully saturated rings. The van der Waals surface area contributed by atoms with Crippen LogP contribution in [0.3, 0.4) is 0 Å². The largest absolute Gasteiger partial charge is 0.394 e. The van der Waals surface area contributed by atoms with Crippen molar-refractivity contribution in [1.29, 1.82) is 0 Å². The Kier molecular flexibility index (Phi) is 4.97. The number of ether oxygens (including phenoxy) is 1. The zero-order valence-electron chi connectivity index (χ0n) is 12.8. The van der Waals surface area contributed by atoms with E-state index < -0.39 is 0 Å². The quantitative estimate of drug-likeness (QED) is 0.846. The molecular weight excluding hydrogens is 274 g/mol. The molecular formula is C14H23N3O4. The zero-order valence-corrected chi connectivity index (χ0v) is 12.8. The fraction of sp³-hybridized carbons (Fsp3) is 0.714. The second kappa shape index (κ2) is 6.55. The number of morpholine rings is 1. The molecule has 2 rings (SSSR count). The van der Waals surface area contributed by atoms with Crippen LogP contribution in [0.5, 0.6) is 0 Å². The van der Waals surface area contributed by atoms with Gasteiger partial charge in [0.25, 0.3) is 0 Å². The summed E-state index contributed by atoms with van der Waals surface area (Å²) < 4.78 is 10.5. The monoisotopic (exact) mass is 297 g/mol. The van der Waals surface area contributed by atoms with E-state index in [2.05, 4.69) is 10.5 Å². The minimum atomic E-state index is -0.218. The molecule has 21 heavy (non-hydrogen) atoms. The van der Waals surface area contributed by atoms with E-state index in [0.29, 0.717) is 25.6 Å². The number of aliphatic hydroxyl groups excluding tert-OH is 1. The molecule has 0 spiro atoms. The third-order valence-electron chi connectivity index (χ3n) is 3.33. The summed E-state index contributed by atoms with van der Waals surface area (Å²) >= 11 is 0. The number of carbonyl (C=O) groups excluding carboxylic acids is 1. The Balaban J connectivity index is 1.85. The molecule has 7 heteroatoms. The number of amides is 1. The van der Waals surface area contributed by atoms with E-state index in [9.17, 15) is 4.79 Å². The van der Waals surface area contributed by atoms with Gasteiger partial charge in [-0.3, -0.25) is 15.0 Å². The van der Waals surface area contributed by atoms with Gasteiger partial charge in [0.05, 0.1) is 31.6 Å². The van der Waals surface area contributed by atoms with Crippen LogP contribution in [0.2, 0.25) is 0 Å². The summed E-state index contributed by atoms with van der Waals surface area (Å²) in [4.78, 5) is 13.9. The summed E-state index contributed by atoms with van der Waals surface area (Å²) in [6.45, 7) is 8.04. The fourth-order valence-corrected chi connectivity index (χ4v) is 2.10. The minimum absolute atomic E-state index is 0.0326. The highest BCUT2D eigenvalue weighted by molar-refractivity contribution is 5.91. The zero-order chi connectivity index (χ0) is 15.5. The predicted molar refractivity (Wildman–Crippen MR) is 77.1 cm³/mol. The average molecular weight is 297 g/mol. The highest BCUT2D eigenvalue weighted by Gasteiger charge is 2.23. The first-order valence-electron chi connectivity index (χ1n) is 7.10. The summed E-state index contributed by atoms with van der Waals surface area (Å²) in [5.74, 6) is 0.196. The normalized spacial score (nSPS) is 20.5. The molecule has 1 aliphatic heterocycles. The third-order valence-corrected chi connectivity index (χ3v) is 3.33. The molecule has 7 nitrogen and oxygen atoms in total. The van der Waals surface area contributed by atoms with Crippen molar-refractivity contribution in [1.82, 2.24) is 10.1 Å². The lowest BCUT2D eigenvalue weighted by molar-refractivity contribution is -0.120. The standard InChI is InChI=1S/C14H23N3O4/c1-14(2,3)11-6-13(21-16-11)15-12(19)8-17-4-5-20-10(7-17)9-18/h6,10,18H,4-5,7-9H2,1-3H3,(H,15,19). The second-order valence-electron chi connectivity index (χ2n) is 6.29. The third kappa shape index (κ3) is 4.52. The Morgan fingerprint density at radius 1 is 1.57 bits per heavy atom. The van der Waals surface area contributed by atoms with E-state index in [1.54, 1.807) is 6.07 Å². The van der Waals surface area contributed by atoms with Crippen LogP contribution in [-0.4, -0.2) is 60.0 Å². The summed E-state index contributed by atoms with van der Waals surface area (Å²) in [7, 11) is 0. The number of hydrogen-bond donors (Lipinski definition) is 2. The Bertz CT molecular complexity index is 481. The molecule has 1 atom stereocenters. The maximum Gasteiger partial charge on any atom is 0.240 e. The number of nitrogens with zero attached hydrogens (tertiary/aromatic N) is 2. The van der Waals surface area contributed by atoms with Crippen LogP contribution in [0.4, 0.5) is 5.88 Å². The van der Waals surface area contributed by atoms with Gasteiger partial charge in [0, 0.05) is 24.6 Å². The van der Waals surface area contributed by atoms with Gasteiger partial charge in [-0.15, -0.1) is 0 Å². The average Bonchev–Trinajstić information content (AvgIpc) is 2.87. The van der Waals surface area contributed by atoms with Gasteiger partial charge in [-0.05, 0) is 0 Å². The van der Waals surface area contributed by atoms with Crippen LogP contribution in [0.25, 0.3) is 0 Å². The Morgan fingerprint density at radius 2 is 2.33 bits per heavy atom.